The number of hydrazone groups is 1. The van der Waals surface area contributed by atoms with Crippen LogP contribution in [-0.2, 0) is 0 Å². The highest BCUT2D eigenvalue weighted by Gasteiger charge is 2.18. The maximum absolute atomic E-state index is 12.4. The van der Waals surface area contributed by atoms with Gasteiger partial charge < -0.3 is 4.57 Å². The molecule has 0 aliphatic carbocycles. The first-order valence-corrected chi connectivity index (χ1v) is 10.3. The highest BCUT2D eigenvalue weighted by Crippen LogP contribution is 2.35. The van der Waals surface area contributed by atoms with Crippen LogP contribution in [0.2, 0.25) is 0 Å². The predicted octanol–water partition coefficient (Wildman–Crippen LogP) is 5.46. The number of fused-ring (bicyclic) bond motifs is 1. The van der Waals surface area contributed by atoms with E-state index in [0.717, 1.165) is 33.4 Å². The molecule has 3 aromatic carbocycles. The maximum Gasteiger partial charge on any atom is 0.272 e. The van der Waals surface area contributed by atoms with Crippen LogP contribution in [0, 0.1) is 0 Å². The first kappa shape index (κ1) is 19.5. The van der Waals surface area contributed by atoms with Crippen molar-refractivity contribution in [3.63, 3.8) is 0 Å². The predicted molar refractivity (Wildman–Crippen MR) is 128 cm³/mol. The van der Waals surface area contributed by atoms with E-state index in [9.17, 15) is 4.79 Å². The summed E-state index contributed by atoms with van der Waals surface area (Å²) in [5.41, 5.74) is 8.21. The summed E-state index contributed by atoms with van der Waals surface area (Å²) in [6, 6.07) is 32.1. The zero-order valence-electron chi connectivity index (χ0n) is 17.2. The summed E-state index contributed by atoms with van der Waals surface area (Å²) in [6.07, 6.45) is 4.87. The van der Waals surface area contributed by atoms with E-state index >= 15 is 0 Å². The van der Waals surface area contributed by atoms with Crippen molar-refractivity contribution in [2.45, 2.75) is 0 Å². The summed E-state index contributed by atoms with van der Waals surface area (Å²) in [4.78, 5) is 16.4. The molecule has 0 aliphatic rings. The van der Waals surface area contributed by atoms with Gasteiger partial charge in [0.1, 0.15) is 0 Å². The monoisotopic (exact) mass is 416 g/mol. The Morgan fingerprint density at radius 3 is 2.31 bits per heavy atom. The number of pyridine rings is 1. The van der Waals surface area contributed by atoms with Crippen LogP contribution >= 0.6 is 0 Å². The minimum Gasteiger partial charge on any atom is -0.309 e. The molecule has 1 N–H and O–H groups in total. The van der Waals surface area contributed by atoms with Gasteiger partial charge in [-0.2, -0.15) is 5.10 Å². The Kier molecular flexibility index (Phi) is 5.29. The van der Waals surface area contributed by atoms with E-state index in [4.69, 9.17) is 0 Å². The van der Waals surface area contributed by atoms with E-state index in [0.29, 0.717) is 5.56 Å². The number of aromatic nitrogens is 2. The van der Waals surface area contributed by atoms with Crippen LogP contribution in [0.25, 0.3) is 27.8 Å². The van der Waals surface area contributed by atoms with Gasteiger partial charge in [-0.3, -0.25) is 9.78 Å². The number of rotatable bonds is 5. The van der Waals surface area contributed by atoms with Gasteiger partial charge in [-0.1, -0.05) is 66.7 Å². The van der Waals surface area contributed by atoms with Crippen LogP contribution in [0.4, 0.5) is 0 Å². The normalized spacial score (nSPS) is 11.1. The second-order valence-electron chi connectivity index (χ2n) is 7.26. The van der Waals surface area contributed by atoms with Gasteiger partial charge in [-0.05, 0) is 35.9 Å². The molecule has 0 unspecified atom stereocenters. The molecule has 154 valence electrons. The zero-order chi connectivity index (χ0) is 21.8. The van der Waals surface area contributed by atoms with Gasteiger partial charge in [0.2, 0.25) is 0 Å². The van der Waals surface area contributed by atoms with Crippen LogP contribution < -0.4 is 5.43 Å². The highest BCUT2D eigenvalue weighted by atomic mass is 16.2. The molecular formula is C27H20N4O. The van der Waals surface area contributed by atoms with E-state index in [-0.39, 0.29) is 5.91 Å². The Bertz CT molecular complexity index is 1390. The summed E-state index contributed by atoms with van der Waals surface area (Å²) in [5, 5.41) is 5.35. The van der Waals surface area contributed by atoms with Gasteiger partial charge in [0.25, 0.3) is 5.91 Å². The minimum absolute atomic E-state index is 0.303. The van der Waals surface area contributed by atoms with Crippen LogP contribution in [0.3, 0.4) is 0 Å². The lowest BCUT2D eigenvalue weighted by molar-refractivity contribution is 0.0955. The van der Waals surface area contributed by atoms with Crippen molar-refractivity contribution in [2.75, 3.05) is 0 Å². The molecule has 32 heavy (non-hydrogen) atoms. The van der Waals surface area contributed by atoms with Crippen molar-refractivity contribution in [3.05, 3.63) is 121 Å². The lowest BCUT2D eigenvalue weighted by Crippen LogP contribution is -2.17. The number of hydrogen-bond acceptors (Lipinski definition) is 3. The summed E-state index contributed by atoms with van der Waals surface area (Å²) < 4.78 is 2.23. The molecule has 5 rings (SSSR count). The second kappa shape index (κ2) is 8.70. The van der Waals surface area contributed by atoms with Crippen molar-refractivity contribution in [2.24, 2.45) is 5.10 Å². The molecule has 0 aliphatic heterocycles. The number of carbonyl (C=O) groups is 1. The van der Waals surface area contributed by atoms with Crippen molar-refractivity contribution in [1.82, 2.24) is 15.0 Å². The third-order valence-corrected chi connectivity index (χ3v) is 5.26. The van der Waals surface area contributed by atoms with Gasteiger partial charge in [0, 0.05) is 29.0 Å². The SMILES string of the molecule is O=C(N/N=C\c1c(-c2ccccc2)n(-c2ccccc2)c2ccccc12)c1cccnc1. The summed E-state index contributed by atoms with van der Waals surface area (Å²) >= 11 is 0. The molecular weight excluding hydrogens is 396 g/mol. The Morgan fingerprint density at radius 1 is 0.844 bits per heavy atom. The fourth-order valence-electron chi connectivity index (χ4n) is 3.84. The van der Waals surface area contributed by atoms with Gasteiger partial charge >= 0.3 is 0 Å². The average molecular weight is 416 g/mol. The topological polar surface area (TPSA) is 59.3 Å². The van der Waals surface area contributed by atoms with Gasteiger partial charge in [0.05, 0.1) is 23.0 Å². The molecule has 2 heterocycles. The molecule has 0 bridgehead atoms. The number of nitrogens with one attached hydrogen (secondary N) is 1. The van der Waals surface area contributed by atoms with Crippen molar-refractivity contribution in [1.29, 1.82) is 0 Å². The van der Waals surface area contributed by atoms with Crippen molar-refractivity contribution < 1.29 is 4.79 Å². The molecule has 0 saturated carbocycles. The minimum atomic E-state index is -0.303. The second-order valence-corrected chi connectivity index (χ2v) is 7.26. The summed E-state index contributed by atoms with van der Waals surface area (Å²) in [7, 11) is 0. The largest absolute Gasteiger partial charge is 0.309 e. The third-order valence-electron chi connectivity index (χ3n) is 5.26. The van der Waals surface area contributed by atoms with E-state index in [2.05, 4.69) is 56.5 Å². The van der Waals surface area contributed by atoms with Crippen molar-refractivity contribution >= 4 is 23.0 Å². The Morgan fingerprint density at radius 2 is 1.56 bits per heavy atom. The number of amides is 1. The molecule has 5 nitrogen and oxygen atoms in total. The van der Waals surface area contributed by atoms with Crippen LogP contribution in [0.5, 0.6) is 0 Å². The molecule has 0 spiro atoms. The zero-order valence-corrected chi connectivity index (χ0v) is 17.2. The fraction of sp³-hybridized carbons (Fsp3) is 0. The van der Waals surface area contributed by atoms with Crippen LogP contribution in [0.15, 0.2) is 115 Å². The highest BCUT2D eigenvalue weighted by molar-refractivity contribution is 6.07. The third kappa shape index (κ3) is 3.68. The van der Waals surface area contributed by atoms with Gasteiger partial charge in [0.15, 0.2) is 0 Å². The first-order valence-electron chi connectivity index (χ1n) is 10.3. The molecule has 1 amide bonds. The van der Waals surface area contributed by atoms with Gasteiger partial charge in [-0.15, -0.1) is 0 Å². The molecule has 0 radical (unpaired) electrons. The Hall–Kier alpha value is -4.51. The first-order chi connectivity index (χ1) is 15.8. The quantitative estimate of drug-likeness (QED) is 0.306. The number of para-hydroxylation sites is 2. The smallest absolute Gasteiger partial charge is 0.272 e. The molecule has 2 aromatic heterocycles. The lowest BCUT2D eigenvalue weighted by atomic mass is 10.1. The van der Waals surface area contributed by atoms with Gasteiger partial charge in [-0.25, -0.2) is 5.43 Å². The van der Waals surface area contributed by atoms with Crippen LogP contribution in [0.1, 0.15) is 15.9 Å². The average Bonchev–Trinajstić information content (AvgIpc) is 3.20. The maximum atomic E-state index is 12.4. The number of nitrogens with zero attached hydrogens (tertiary/aromatic N) is 3. The fourth-order valence-corrected chi connectivity index (χ4v) is 3.84. The lowest BCUT2D eigenvalue weighted by Gasteiger charge is -2.12. The van der Waals surface area contributed by atoms with E-state index in [1.54, 1.807) is 24.5 Å². The molecule has 0 atom stereocenters. The summed E-state index contributed by atoms with van der Waals surface area (Å²) in [6.45, 7) is 0. The molecule has 0 fully saturated rings. The van der Waals surface area contributed by atoms with Crippen molar-refractivity contribution in [3.8, 4) is 16.9 Å². The van der Waals surface area contributed by atoms with E-state index in [1.165, 1.54) is 6.20 Å². The molecule has 5 heteroatoms. The number of benzene rings is 3. The Balaban J connectivity index is 1.66. The number of hydrogen-bond donors (Lipinski definition) is 1. The van der Waals surface area contributed by atoms with E-state index in [1.807, 2.05) is 48.5 Å². The Labute approximate surface area is 185 Å². The summed E-state index contributed by atoms with van der Waals surface area (Å²) in [5.74, 6) is -0.303. The molecule has 0 saturated heterocycles. The number of carbonyl (C=O) groups excluding carboxylic acids is 1. The van der Waals surface area contributed by atoms with E-state index < -0.39 is 0 Å². The standard InChI is InChI=1S/C27H20N4O/c32-27(21-12-9-17-28-18-21)30-29-19-24-23-15-7-8-16-25(23)31(22-13-5-2-6-14-22)26(24)20-10-3-1-4-11-20/h1-19H,(H,30,32)/b29-19-. The molecule has 5 aromatic rings. The van der Waals surface area contributed by atoms with Crippen LogP contribution in [-0.4, -0.2) is 21.7 Å².